The van der Waals surface area contributed by atoms with Gasteiger partial charge in [-0.1, -0.05) is 29.3 Å². The Morgan fingerprint density at radius 1 is 1.09 bits per heavy atom. The standard InChI is InChI=1S/C23H22Cl2N4O3/c1-4-32-18-10-8-17(9-11-18)27-22(30)23(31)28-26-13-16-12-14(2)29(15(16)3)20-7-5-6-19(24)21(20)25/h5-13H,4H2,1-3H3,(H,27,30)(H,28,31)/b26-13-. The third kappa shape index (κ3) is 5.30. The Hall–Kier alpha value is -3.29. The van der Waals surface area contributed by atoms with Crippen molar-refractivity contribution in [1.29, 1.82) is 0 Å². The predicted molar refractivity (Wildman–Crippen MR) is 127 cm³/mol. The van der Waals surface area contributed by atoms with E-state index in [0.29, 0.717) is 28.1 Å². The molecule has 0 saturated carbocycles. The number of hydrazone groups is 1. The maximum absolute atomic E-state index is 12.1. The molecule has 3 rings (SSSR count). The van der Waals surface area contributed by atoms with E-state index in [4.69, 9.17) is 27.9 Å². The molecule has 0 radical (unpaired) electrons. The summed E-state index contributed by atoms with van der Waals surface area (Å²) in [6.45, 7) is 6.24. The van der Waals surface area contributed by atoms with Crippen LogP contribution in [-0.4, -0.2) is 29.2 Å². The van der Waals surface area contributed by atoms with Crippen LogP contribution in [0.3, 0.4) is 0 Å². The van der Waals surface area contributed by atoms with Crippen molar-refractivity contribution in [3.63, 3.8) is 0 Å². The monoisotopic (exact) mass is 472 g/mol. The van der Waals surface area contributed by atoms with E-state index in [1.807, 2.05) is 43.5 Å². The second-order valence-electron chi connectivity index (χ2n) is 6.85. The highest BCUT2D eigenvalue weighted by Crippen LogP contribution is 2.31. The third-order valence-corrected chi connectivity index (χ3v) is 5.45. The van der Waals surface area contributed by atoms with Gasteiger partial charge in [0.25, 0.3) is 0 Å². The number of aryl methyl sites for hydroxylation is 1. The highest BCUT2D eigenvalue weighted by Gasteiger charge is 2.15. The van der Waals surface area contributed by atoms with Gasteiger partial charge >= 0.3 is 11.8 Å². The van der Waals surface area contributed by atoms with Crippen molar-refractivity contribution in [2.75, 3.05) is 11.9 Å². The average Bonchev–Trinajstić information content (AvgIpc) is 3.04. The zero-order chi connectivity index (χ0) is 23.3. The van der Waals surface area contributed by atoms with E-state index in [9.17, 15) is 9.59 Å². The topological polar surface area (TPSA) is 84.7 Å². The maximum atomic E-state index is 12.1. The lowest BCUT2D eigenvalue weighted by Gasteiger charge is -2.12. The molecule has 0 aliphatic carbocycles. The van der Waals surface area contributed by atoms with Gasteiger partial charge in [0.05, 0.1) is 28.6 Å². The van der Waals surface area contributed by atoms with Crippen molar-refractivity contribution < 1.29 is 14.3 Å². The van der Waals surface area contributed by atoms with Crippen LogP contribution in [0.2, 0.25) is 10.0 Å². The number of ether oxygens (including phenoxy) is 1. The van der Waals surface area contributed by atoms with Gasteiger partial charge in [-0.05, 0) is 63.2 Å². The number of nitrogens with zero attached hydrogens (tertiary/aromatic N) is 2. The van der Waals surface area contributed by atoms with E-state index >= 15 is 0 Å². The Morgan fingerprint density at radius 3 is 2.50 bits per heavy atom. The molecule has 0 aliphatic heterocycles. The maximum Gasteiger partial charge on any atom is 0.329 e. The van der Waals surface area contributed by atoms with E-state index in [-0.39, 0.29) is 0 Å². The van der Waals surface area contributed by atoms with Crippen molar-refractivity contribution in [3.8, 4) is 11.4 Å². The first-order chi connectivity index (χ1) is 15.3. The van der Waals surface area contributed by atoms with Crippen LogP contribution in [0.4, 0.5) is 5.69 Å². The Labute approximate surface area is 196 Å². The Balaban J connectivity index is 1.66. The predicted octanol–water partition coefficient (Wildman–Crippen LogP) is 4.89. The first-order valence-electron chi connectivity index (χ1n) is 9.82. The number of carbonyl (C=O) groups is 2. The van der Waals surface area contributed by atoms with Gasteiger partial charge in [-0.3, -0.25) is 9.59 Å². The van der Waals surface area contributed by atoms with Gasteiger partial charge in [0.1, 0.15) is 5.75 Å². The van der Waals surface area contributed by atoms with Crippen molar-refractivity contribution in [2.24, 2.45) is 5.10 Å². The minimum Gasteiger partial charge on any atom is -0.494 e. The van der Waals surface area contributed by atoms with Crippen molar-refractivity contribution in [3.05, 3.63) is 75.5 Å². The second kappa shape index (κ2) is 10.3. The van der Waals surface area contributed by atoms with Gasteiger partial charge < -0.3 is 14.6 Å². The Kier molecular flexibility index (Phi) is 7.56. The number of nitrogens with one attached hydrogen (secondary N) is 2. The van der Waals surface area contributed by atoms with Crippen molar-refractivity contribution >= 4 is 46.9 Å². The van der Waals surface area contributed by atoms with Gasteiger partial charge in [0.15, 0.2) is 0 Å². The summed E-state index contributed by atoms with van der Waals surface area (Å²) in [5.74, 6) is -1.04. The molecule has 2 aromatic carbocycles. The van der Waals surface area contributed by atoms with Crippen LogP contribution in [-0.2, 0) is 9.59 Å². The van der Waals surface area contributed by atoms with E-state index in [2.05, 4.69) is 15.8 Å². The quantitative estimate of drug-likeness (QED) is 0.304. The van der Waals surface area contributed by atoms with E-state index in [1.54, 1.807) is 30.3 Å². The Morgan fingerprint density at radius 2 is 1.81 bits per heavy atom. The summed E-state index contributed by atoms with van der Waals surface area (Å²) in [7, 11) is 0. The fourth-order valence-corrected chi connectivity index (χ4v) is 3.53. The van der Waals surface area contributed by atoms with E-state index in [1.165, 1.54) is 6.21 Å². The van der Waals surface area contributed by atoms with Crippen LogP contribution in [0.1, 0.15) is 23.9 Å². The molecule has 0 saturated heterocycles. The molecule has 1 aromatic heterocycles. The molecule has 2 N–H and O–H groups in total. The molecule has 0 unspecified atom stereocenters. The van der Waals surface area contributed by atoms with Gasteiger partial charge in [0.2, 0.25) is 0 Å². The number of benzene rings is 2. The van der Waals surface area contributed by atoms with Gasteiger partial charge in [-0.25, -0.2) is 5.43 Å². The van der Waals surface area contributed by atoms with Crippen LogP contribution in [0.5, 0.6) is 5.75 Å². The molecule has 3 aromatic rings. The lowest BCUT2D eigenvalue weighted by Crippen LogP contribution is -2.32. The molecule has 1 heterocycles. The summed E-state index contributed by atoms with van der Waals surface area (Å²) < 4.78 is 7.28. The number of aromatic nitrogens is 1. The number of amides is 2. The fraction of sp³-hybridized carbons (Fsp3) is 0.174. The molecule has 32 heavy (non-hydrogen) atoms. The summed E-state index contributed by atoms with van der Waals surface area (Å²) in [6.07, 6.45) is 1.47. The molecule has 0 atom stereocenters. The molecule has 7 nitrogen and oxygen atoms in total. The van der Waals surface area contributed by atoms with Gasteiger partial charge in [-0.15, -0.1) is 0 Å². The number of hydrogen-bond acceptors (Lipinski definition) is 4. The summed E-state index contributed by atoms with van der Waals surface area (Å²) in [5, 5.41) is 7.32. The number of halogens is 2. The zero-order valence-electron chi connectivity index (χ0n) is 17.8. The molecule has 9 heteroatoms. The molecule has 0 bridgehead atoms. The Bertz CT molecular complexity index is 1170. The van der Waals surface area contributed by atoms with Crippen LogP contribution >= 0.6 is 23.2 Å². The zero-order valence-corrected chi connectivity index (χ0v) is 19.3. The van der Waals surface area contributed by atoms with E-state index < -0.39 is 11.8 Å². The SMILES string of the molecule is CCOc1ccc(NC(=O)C(=O)N/N=C\c2cc(C)n(-c3cccc(Cl)c3Cl)c2C)cc1. The first kappa shape index (κ1) is 23.4. The molecule has 2 amide bonds. The van der Waals surface area contributed by atoms with Gasteiger partial charge in [-0.2, -0.15) is 5.10 Å². The molecule has 166 valence electrons. The minimum absolute atomic E-state index is 0.443. The highest BCUT2D eigenvalue weighted by atomic mass is 35.5. The average molecular weight is 473 g/mol. The number of carbonyl (C=O) groups excluding carboxylic acids is 2. The van der Waals surface area contributed by atoms with Crippen LogP contribution in [0.25, 0.3) is 5.69 Å². The normalized spacial score (nSPS) is 10.9. The van der Waals surface area contributed by atoms with Crippen LogP contribution in [0, 0.1) is 13.8 Å². The smallest absolute Gasteiger partial charge is 0.329 e. The third-order valence-electron chi connectivity index (χ3n) is 4.64. The van der Waals surface area contributed by atoms with Crippen LogP contribution in [0.15, 0.2) is 53.6 Å². The minimum atomic E-state index is -0.887. The summed E-state index contributed by atoms with van der Waals surface area (Å²) in [4.78, 5) is 24.2. The van der Waals surface area contributed by atoms with Gasteiger partial charge in [0, 0.05) is 22.6 Å². The lowest BCUT2D eigenvalue weighted by molar-refractivity contribution is -0.136. The van der Waals surface area contributed by atoms with Crippen molar-refractivity contribution in [2.45, 2.75) is 20.8 Å². The fourth-order valence-electron chi connectivity index (χ4n) is 3.15. The lowest BCUT2D eigenvalue weighted by atomic mass is 10.2. The molecule has 0 fully saturated rings. The molecular formula is C23H22Cl2N4O3. The van der Waals surface area contributed by atoms with E-state index in [0.717, 1.165) is 22.6 Å². The molecular weight excluding hydrogens is 451 g/mol. The summed E-state index contributed by atoms with van der Waals surface area (Å²) >= 11 is 12.5. The molecule has 0 aliphatic rings. The second-order valence-corrected chi connectivity index (χ2v) is 7.63. The first-order valence-corrected chi connectivity index (χ1v) is 10.6. The number of hydrogen-bond donors (Lipinski definition) is 2. The van der Waals surface area contributed by atoms with Crippen LogP contribution < -0.4 is 15.5 Å². The largest absolute Gasteiger partial charge is 0.494 e. The highest BCUT2D eigenvalue weighted by molar-refractivity contribution is 6.43. The number of anilines is 1. The molecule has 0 spiro atoms. The summed E-state index contributed by atoms with van der Waals surface area (Å²) in [6, 6.07) is 14.0. The van der Waals surface area contributed by atoms with Crippen molar-refractivity contribution in [1.82, 2.24) is 9.99 Å². The number of rotatable bonds is 6. The summed E-state index contributed by atoms with van der Waals surface area (Å²) in [5.41, 5.74) is 5.97.